The number of hydrogen-bond donors (Lipinski definition) is 0. The Bertz CT molecular complexity index is 519. The molecule has 0 spiro atoms. The number of ketones is 1. The molecule has 0 bridgehead atoms. The van der Waals surface area contributed by atoms with E-state index in [1.54, 1.807) is 0 Å². The summed E-state index contributed by atoms with van der Waals surface area (Å²) in [6, 6.07) is 8.33. The molecule has 1 fully saturated rings. The van der Waals surface area contributed by atoms with Gasteiger partial charge in [-0.05, 0) is 52.3 Å². The van der Waals surface area contributed by atoms with Crippen molar-refractivity contribution in [3.63, 3.8) is 0 Å². The van der Waals surface area contributed by atoms with Gasteiger partial charge in [-0.2, -0.15) is 0 Å². The molecular weight excluding hydrogens is 250 g/mol. The topological polar surface area (TPSA) is 29.5 Å². The van der Waals surface area contributed by atoms with Crippen LogP contribution in [0.2, 0.25) is 0 Å². The van der Waals surface area contributed by atoms with Gasteiger partial charge in [0.25, 0.3) is 0 Å². The first kappa shape index (κ1) is 15.0. The van der Waals surface area contributed by atoms with Crippen LogP contribution in [0, 0.1) is 12.8 Å². The van der Waals surface area contributed by atoms with Crippen LogP contribution in [-0.2, 0) is 9.53 Å². The van der Waals surface area contributed by atoms with Crippen molar-refractivity contribution in [2.24, 2.45) is 5.92 Å². The Morgan fingerprint density at radius 3 is 2.40 bits per heavy atom. The van der Waals surface area contributed by atoms with Gasteiger partial charge >= 0.3 is 0 Å². The number of nitrogens with zero attached hydrogens (tertiary/aromatic N) is 1. The average Bonchev–Trinajstić information content (AvgIpc) is 2.47. The number of hydrogen-bond acceptors (Lipinski definition) is 3. The van der Waals surface area contributed by atoms with Crippen molar-refractivity contribution in [3.05, 3.63) is 29.8 Å². The Morgan fingerprint density at radius 2 is 1.90 bits per heavy atom. The lowest BCUT2D eigenvalue weighted by atomic mass is 9.85. The largest absolute Gasteiger partial charge is 0.374 e. The van der Waals surface area contributed by atoms with Gasteiger partial charge in [0.1, 0.15) is 5.60 Å². The van der Waals surface area contributed by atoms with E-state index >= 15 is 0 Å². The van der Waals surface area contributed by atoms with Gasteiger partial charge in [0.15, 0.2) is 5.78 Å². The Balaban J connectivity index is 2.19. The van der Waals surface area contributed by atoms with Crippen LogP contribution in [0.1, 0.15) is 33.3 Å². The second kappa shape index (κ2) is 4.88. The number of ether oxygens (including phenoxy) is 1. The summed E-state index contributed by atoms with van der Waals surface area (Å²) in [6.45, 7) is 10.5. The molecule has 1 aromatic rings. The summed E-state index contributed by atoms with van der Waals surface area (Å²) in [5, 5.41) is 0. The molecule has 2 rings (SSSR count). The summed E-state index contributed by atoms with van der Waals surface area (Å²) in [5.74, 6) is 0.0880. The maximum Gasteiger partial charge on any atom is 0.171 e. The molecule has 1 atom stereocenters. The number of carbonyl (C=O) groups is 1. The first-order valence-electron chi connectivity index (χ1n) is 7.16. The van der Waals surface area contributed by atoms with E-state index in [0.29, 0.717) is 6.54 Å². The van der Waals surface area contributed by atoms with Crippen molar-refractivity contribution in [2.75, 3.05) is 18.5 Å². The van der Waals surface area contributed by atoms with E-state index in [1.165, 1.54) is 5.56 Å². The highest BCUT2D eigenvalue weighted by Gasteiger charge is 2.53. The number of Topliss-reactive ketones (excluding diaryl/α,β-unsaturated/α-hetero) is 1. The molecule has 1 aliphatic rings. The van der Waals surface area contributed by atoms with Gasteiger partial charge < -0.3 is 9.64 Å². The van der Waals surface area contributed by atoms with Gasteiger partial charge in [-0.3, -0.25) is 4.79 Å². The van der Waals surface area contributed by atoms with Gasteiger partial charge in [0.05, 0.1) is 11.5 Å². The molecule has 1 unspecified atom stereocenters. The fourth-order valence-electron chi connectivity index (χ4n) is 3.06. The van der Waals surface area contributed by atoms with E-state index in [1.807, 2.05) is 40.8 Å². The van der Waals surface area contributed by atoms with E-state index in [0.717, 1.165) is 5.69 Å². The lowest BCUT2D eigenvalue weighted by Gasteiger charge is -2.30. The zero-order valence-corrected chi connectivity index (χ0v) is 13.4. The Labute approximate surface area is 121 Å². The summed E-state index contributed by atoms with van der Waals surface area (Å²) in [4.78, 5) is 14.7. The number of rotatable bonds is 3. The lowest BCUT2D eigenvalue weighted by Crippen LogP contribution is -2.39. The number of benzene rings is 1. The second-order valence-corrected chi connectivity index (χ2v) is 6.85. The van der Waals surface area contributed by atoms with Crippen molar-refractivity contribution < 1.29 is 9.53 Å². The quantitative estimate of drug-likeness (QED) is 0.848. The molecule has 1 aliphatic heterocycles. The van der Waals surface area contributed by atoms with Crippen molar-refractivity contribution in [1.29, 1.82) is 0 Å². The first-order chi connectivity index (χ1) is 9.13. The van der Waals surface area contributed by atoms with Crippen LogP contribution in [0.3, 0.4) is 0 Å². The normalized spacial score (nSPS) is 23.9. The highest BCUT2D eigenvalue weighted by molar-refractivity contribution is 5.92. The minimum atomic E-state index is -0.679. The van der Waals surface area contributed by atoms with Gasteiger partial charge in [-0.15, -0.1) is 0 Å². The van der Waals surface area contributed by atoms with Crippen LogP contribution < -0.4 is 4.90 Å². The summed E-state index contributed by atoms with van der Waals surface area (Å²) in [5.41, 5.74) is 1.27. The summed E-state index contributed by atoms with van der Waals surface area (Å²) < 4.78 is 5.95. The molecule has 0 aromatic heterocycles. The zero-order chi connectivity index (χ0) is 15.1. The highest BCUT2D eigenvalue weighted by atomic mass is 16.5. The summed E-state index contributed by atoms with van der Waals surface area (Å²) >= 11 is 0. The minimum Gasteiger partial charge on any atom is -0.374 e. The number of aryl methyl sites for hydroxylation is 1. The molecular formula is C17H25NO2. The number of anilines is 1. The molecule has 0 saturated carbocycles. The molecule has 1 aromatic carbocycles. The van der Waals surface area contributed by atoms with E-state index in [4.69, 9.17) is 4.74 Å². The lowest BCUT2D eigenvalue weighted by molar-refractivity contribution is -0.132. The van der Waals surface area contributed by atoms with Crippen LogP contribution in [0.4, 0.5) is 5.69 Å². The van der Waals surface area contributed by atoms with E-state index < -0.39 is 11.2 Å². The predicted molar refractivity (Wildman–Crippen MR) is 82.2 cm³/mol. The van der Waals surface area contributed by atoms with E-state index in [9.17, 15) is 4.79 Å². The Hall–Kier alpha value is -1.35. The standard InChI is InChI=1S/C17H25NO2/c1-12-8-7-9-13(10-12)18(6)11-14-15(19)17(4,5)20-16(14,2)3/h7-10,14H,11H2,1-6H3. The second-order valence-electron chi connectivity index (χ2n) is 6.85. The van der Waals surface area contributed by atoms with Gasteiger partial charge in [-0.25, -0.2) is 0 Å². The minimum absolute atomic E-state index is 0.108. The predicted octanol–water partition coefficient (Wildman–Crippen LogP) is 3.20. The molecule has 1 heterocycles. The molecule has 0 aliphatic carbocycles. The van der Waals surface area contributed by atoms with E-state index in [2.05, 4.69) is 30.0 Å². The van der Waals surface area contributed by atoms with Crippen LogP contribution >= 0.6 is 0 Å². The molecule has 110 valence electrons. The van der Waals surface area contributed by atoms with Crippen LogP contribution in [-0.4, -0.2) is 30.6 Å². The third kappa shape index (κ3) is 2.73. The van der Waals surface area contributed by atoms with Crippen molar-refractivity contribution >= 4 is 11.5 Å². The number of carbonyl (C=O) groups excluding carboxylic acids is 1. The molecule has 3 nitrogen and oxygen atoms in total. The molecule has 3 heteroatoms. The Kier molecular flexibility index (Phi) is 3.67. The maximum atomic E-state index is 12.5. The van der Waals surface area contributed by atoms with Gasteiger partial charge in [0, 0.05) is 19.3 Å². The molecule has 0 radical (unpaired) electrons. The Morgan fingerprint density at radius 1 is 1.25 bits per heavy atom. The molecule has 0 amide bonds. The first-order valence-corrected chi connectivity index (χ1v) is 7.16. The molecule has 0 N–H and O–H groups in total. The zero-order valence-electron chi connectivity index (χ0n) is 13.4. The third-order valence-electron chi connectivity index (χ3n) is 4.17. The summed E-state index contributed by atoms with van der Waals surface area (Å²) in [6.07, 6.45) is 0. The summed E-state index contributed by atoms with van der Waals surface area (Å²) in [7, 11) is 2.03. The van der Waals surface area contributed by atoms with Crippen LogP contribution in [0.15, 0.2) is 24.3 Å². The average molecular weight is 275 g/mol. The molecule has 20 heavy (non-hydrogen) atoms. The van der Waals surface area contributed by atoms with Crippen LogP contribution in [0.5, 0.6) is 0 Å². The SMILES string of the molecule is Cc1cccc(N(C)CC2C(=O)C(C)(C)OC2(C)C)c1. The van der Waals surface area contributed by atoms with Gasteiger partial charge in [-0.1, -0.05) is 12.1 Å². The smallest absolute Gasteiger partial charge is 0.171 e. The van der Waals surface area contributed by atoms with Crippen LogP contribution in [0.25, 0.3) is 0 Å². The van der Waals surface area contributed by atoms with Gasteiger partial charge in [0.2, 0.25) is 0 Å². The fourth-order valence-corrected chi connectivity index (χ4v) is 3.06. The third-order valence-corrected chi connectivity index (χ3v) is 4.17. The van der Waals surface area contributed by atoms with Crippen molar-refractivity contribution in [1.82, 2.24) is 0 Å². The monoisotopic (exact) mass is 275 g/mol. The highest BCUT2D eigenvalue weighted by Crippen LogP contribution is 2.39. The maximum absolute atomic E-state index is 12.5. The van der Waals surface area contributed by atoms with E-state index in [-0.39, 0.29) is 11.7 Å². The van der Waals surface area contributed by atoms with Crippen molar-refractivity contribution in [2.45, 2.75) is 45.8 Å². The fraction of sp³-hybridized carbons (Fsp3) is 0.588. The molecule has 1 saturated heterocycles. The van der Waals surface area contributed by atoms with Crippen molar-refractivity contribution in [3.8, 4) is 0 Å².